The number of carbonyl (C=O) groups excluding carboxylic acids is 1. The first kappa shape index (κ1) is 15.1. The average molecular weight is 356 g/mol. The van der Waals surface area contributed by atoms with Gasteiger partial charge in [-0.3, -0.25) is 4.79 Å². The molecule has 3 nitrogen and oxygen atoms in total. The first-order valence-corrected chi connectivity index (χ1v) is 7.56. The second-order valence-electron chi connectivity index (χ2n) is 4.64. The molecular formula is C15H16BrClN2O. The van der Waals surface area contributed by atoms with Crippen LogP contribution in [0.1, 0.15) is 35.4 Å². The van der Waals surface area contributed by atoms with Gasteiger partial charge >= 0.3 is 0 Å². The number of carbonyl (C=O) groups is 1. The highest BCUT2D eigenvalue weighted by Crippen LogP contribution is 2.21. The summed E-state index contributed by atoms with van der Waals surface area (Å²) in [7, 11) is 1.85. The molecule has 0 radical (unpaired) electrons. The Balaban J connectivity index is 2.18. The Morgan fingerprint density at radius 1 is 1.45 bits per heavy atom. The van der Waals surface area contributed by atoms with E-state index in [1.165, 1.54) is 0 Å². The highest BCUT2D eigenvalue weighted by Gasteiger charge is 2.16. The molecule has 1 atom stereocenters. The van der Waals surface area contributed by atoms with Gasteiger partial charge in [0.2, 0.25) is 0 Å². The largest absolute Gasteiger partial charge is 0.345 e. The molecule has 0 bridgehead atoms. The van der Waals surface area contributed by atoms with Gasteiger partial charge in [-0.2, -0.15) is 0 Å². The fourth-order valence-electron chi connectivity index (χ4n) is 2.13. The summed E-state index contributed by atoms with van der Waals surface area (Å²) >= 11 is 9.38. The van der Waals surface area contributed by atoms with Crippen molar-refractivity contribution in [2.45, 2.75) is 19.4 Å². The summed E-state index contributed by atoms with van der Waals surface area (Å²) < 4.78 is 2.69. The van der Waals surface area contributed by atoms with E-state index in [2.05, 4.69) is 21.2 Å². The molecule has 106 valence electrons. The molecule has 2 rings (SSSR count). The first-order valence-electron chi connectivity index (χ1n) is 6.39. The number of aromatic nitrogens is 1. The smallest absolute Gasteiger partial charge is 0.268 e. The van der Waals surface area contributed by atoms with Crippen LogP contribution in [0.25, 0.3) is 0 Å². The van der Waals surface area contributed by atoms with Crippen molar-refractivity contribution in [2.75, 3.05) is 0 Å². The van der Waals surface area contributed by atoms with Crippen molar-refractivity contribution in [3.05, 3.63) is 57.3 Å². The molecule has 0 saturated heterocycles. The molecular weight excluding hydrogens is 340 g/mol. The van der Waals surface area contributed by atoms with E-state index in [4.69, 9.17) is 11.6 Å². The van der Waals surface area contributed by atoms with Crippen molar-refractivity contribution in [2.24, 2.45) is 7.05 Å². The van der Waals surface area contributed by atoms with E-state index in [9.17, 15) is 4.79 Å². The molecule has 0 saturated carbocycles. The second-order valence-corrected chi connectivity index (χ2v) is 6.00. The fourth-order valence-corrected chi connectivity index (χ4v) is 2.85. The van der Waals surface area contributed by atoms with E-state index in [1.54, 1.807) is 10.6 Å². The SMILES string of the molecule is CCC(NC(=O)c1cc(Br)cn1C)c1cccc(Cl)c1. The fraction of sp³-hybridized carbons (Fsp3) is 0.267. The molecule has 1 amide bonds. The molecule has 0 spiro atoms. The lowest BCUT2D eigenvalue weighted by Gasteiger charge is -2.18. The molecule has 5 heteroatoms. The normalized spacial score (nSPS) is 12.2. The molecule has 0 aliphatic rings. The lowest BCUT2D eigenvalue weighted by molar-refractivity contribution is 0.0927. The molecule has 2 aromatic rings. The lowest BCUT2D eigenvalue weighted by Crippen LogP contribution is -2.29. The van der Waals surface area contributed by atoms with E-state index >= 15 is 0 Å². The van der Waals surface area contributed by atoms with Gasteiger partial charge in [0.25, 0.3) is 5.91 Å². The van der Waals surface area contributed by atoms with Crippen LogP contribution in [-0.4, -0.2) is 10.5 Å². The van der Waals surface area contributed by atoms with Crippen LogP contribution in [-0.2, 0) is 7.05 Å². The zero-order valence-electron chi connectivity index (χ0n) is 11.4. The van der Waals surface area contributed by atoms with Crippen LogP contribution in [0.4, 0.5) is 0 Å². The van der Waals surface area contributed by atoms with Crippen LogP contribution in [0.3, 0.4) is 0 Å². The molecule has 0 aliphatic heterocycles. The van der Waals surface area contributed by atoms with Crippen LogP contribution >= 0.6 is 27.5 Å². The third-order valence-electron chi connectivity index (χ3n) is 3.17. The summed E-state index contributed by atoms with van der Waals surface area (Å²) in [5.41, 5.74) is 1.64. The minimum atomic E-state index is -0.0926. The standard InChI is InChI=1S/C15H16BrClN2O/c1-3-13(10-5-4-6-12(17)7-10)18-15(20)14-8-11(16)9-19(14)2/h4-9,13H,3H2,1-2H3,(H,18,20). The highest BCUT2D eigenvalue weighted by molar-refractivity contribution is 9.10. The number of aryl methyl sites for hydroxylation is 1. The van der Waals surface area contributed by atoms with Gasteiger partial charge in [-0.25, -0.2) is 0 Å². The third-order valence-corrected chi connectivity index (χ3v) is 3.84. The van der Waals surface area contributed by atoms with Crippen molar-refractivity contribution in [3.63, 3.8) is 0 Å². The summed E-state index contributed by atoms with van der Waals surface area (Å²) in [6, 6.07) is 9.34. The third kappa shape index (κ3) is 3.44. The number of halogens is 2. The minimum absolute atomic E-state index is 0.0464. The molecule has 1 unspecified atom stereocenters. The predicted molar refractivity (Wildman–Crippen MR) is 85.1 cm³/mol. The van der Waals surface area contributed by atoms with E-state index < -0.39 is 0 Å². The van der Waals surface area contributed by atoms with E-state index in [0.717, 1.165) is 16.5 Å². The van der Waals surface area contributed by atoms with Crippen LogP contribution in [0.2, 0.25) is 5.02 Å². The summed E-state index contributed by atoms with van der Waals surface area (Å²) in [5, 5.41) is 3.72. The van der Waals surface area contributed by atoms with Crippen molar-refractivity contribution >= 4 is 33.4 Å². The van der Waals surface area contributed by atoms with Crippen LogP contribution in [0.15, 0.2) is 41.0 Å². The number of rotatable bonds is 4. The monoisotopic (exact) mass is 354 g/mol. The molecule has 1 aromatic heterocycles. The van der Waals surface area contributed by atoms with Crippen LogP contribution in [0, 0.1) is 0 Å². The molecule has 1 N–H and O–H groups in total. The molecule has 1 aromatic carbocycles. The number of hydrogen-bond acceptors (Lipinski definition) is 1. The van der Waals surface area contributed by atoms with E-state index in [-0.39, 0.29) is 11.9 Å². The highest BCUT2D eigenvalue weighted by atomic mass is 79.9. The second kappa shape index (κ2) is 6.46. The van der Waals surface area contributed by atoms with E-state index in [1.807, 2.05) is 44.4 Å². The van der Waals surface area contributed by atoms with Gasteiger partial charge in [0.1, 0.15) is 5.69 Å². The maximum atomic E-state index is 12.3. The molecule has 0 fully saturated rings. The summed E-state index contributed by atoms with van der Waals surface area (Å²) in [5.74, 6) is -0.0926. The van der Waals surface area contributed by atoms with Gasteiger partial charge in [0, 0.05) is 22.7 Å². The van der Waals surface area contributed by atoms with Gasteiger partial charge in [-0.1, -0.05) is 30.7 Å². The van der Waals surface area contributed by atoms with Crippen molar-refractivity contribution < 1.29 is 4.79 Å². The number of nitrogens with zero attached hydrogens (tertiary/aromatic N) is 1. The van der Waals surface area contributed by atoms with Crippen molar-refractivity contribution in [3.8, 4) is 0 Å². The summed E-state index contributed by atoms with van der Waals surface area (Å²) in [4.78, 5) is 12.3. The van der Waals surface area contributed by atoms with Crippen molar-refractivity contribution in [1.82, 2.24) is 9.88 Å². The number of nitrogens with one attached hydrogen (secondary N) is 1. The number of hydrogen-bond donors (Lipinski definition) is 1. The lowest BCUT2D eigenvalue weighted by atomic mass is 10.0. The first-order chi connectivity index (χ1) is 9.51. The van der Waals surface area contributed by atoms with Gasteiger partial charge in [0.15, 0.2) is 0 Å². The maximum absolute atomic E-state index is 12.3. The van der Waals surface area contributed by atoms with Crippen molar-refractivity contribution in [1.29, 1.82) is 0 Å². The van der Waals surface area contributed by atoms with Gasteiger partial charge in [-0.15, -0.1) is 0 Å². The van der Waals surface area contributed by atoms with Gasteiger partial charge < -0.3 is 9.88 Å². The predicted octanol–water partition coefficient (Wildman–Crippen LogP) is 4.32. The Morgan fingerprint density at radius 3 is 2.75 bits per heavy atom. The molecule has 0 aliphatic carbocycles. The average Bonchev–Trinajstić information content (AvgIpc) is 2.75. The zero-order valence-corrected chi connectivity index (χ0v) is 13.7. The van der Waals surface area contributed by atoms with Gasteiger partial charge in [0.05, 0.1) is 6.04 Å². The Hall–Kier alpha value is -1.26. The molecule has 20 heavy (non-hydrogen) atoms. The minimum Gasteiger partial charge on any atom is -0.345 e. The maximum Gasteiger partial charge on any atom is 0.268 e. The zero-order chi connectivity index (χ0) is 14.7. The number of amides is 1. The van der Waals surface area contributed by atoms with Crippen LogP contribution in [0.5, 0.6) is 0 Å². The molecule has 1 heterocycles. The Bertz CT molecular complexity index is 624. The summed E-state index contributed by atoms with van der Waals surface area (Å²) in [6.45, 7) is 2.03. The Morgan fingerprint density at radius 2 is 2.20 bits per heavy atom. The quantitative estimate of drug-likeness (QED) is 0.870. The van der Waals surface area contributed by atoms with E-state index in [0.29, 0.717) is 10.7 Å². The Kier molecular flexibility index (Phi) is 4.89. The summed E-state index contributed by atoms with van der Waals surface area (Å²) in [6.07, 6.45) is 2.66. The number of benzene rings is 1. The Labute approximate surface area is 132 Å². The topological polar surface area (TPSA) is 34.0 Å². The van der Waals surface area contributed by atoms with Crippen LogP contribution < -0.4 is 5.32 Å². The van der Waals surface area contributed by atoms with Gasteiger partial charge in [-0.05, 0) is 46.1 Å².